The highest BCUT2D eigenvalue weighted by Gasteiger charge is 2.18. The van der Waals surface area contributed by atoms with Crippen molar-refractivity contribution in [3.05, 3.63) is 99.3 Å². The normalized spacial score (nSPS) is 11.6. The molecule has 2 heterocycles. The Morgan fingerprint density at radius 1 is 0.654 bits per heavy atom. The van der Waals surface area contributed by atoms with Gasteiger partial charge < -0.3 is 0 Å². The highest BCUT2D eigenvalue weighted by atomic mass is 16.2. The van der Waals surface area contributed by atoms with Crippen molar-refractivity contribution in [2.45, 2.75) is 6.92 Å². The third-order valence-electron chi connectivity index (χ3n) is 4.76. The lowest BCUT2D eigenvalue weighted by Gasteiger charge is -2.09. The summed E-state index contributed by atoms with van der Waals surface area (Å²) in [6.07, 6.45) is 0. The predicted octanol–water partition coefficient (Wildman–Crippen LogP) is 3.16. The summed E-state index contributed by atoms with van der Waals surface area (Å²) in [7, 11) is 0. The number of rotatable bonds is 1. The monoisotopic (exact) mass is 341 g/mol. The van der Waals surface area contributed by atoms with E-state index in [1.807, 2.05) is 61.5 Å². The average molecular weight is 341 g/mol. The minimum atomic E-state index is -0.375. The number of aryl methyl sites for hydroxylation is 1. The molecule has 0 unspecified atom stereocenters. The molecular formula is C21H15N3O2. The lowest BCUT2D eigenvalue weighted by molar-refractivity contribution is 0.838. The maximum absolute atomic E-state index is 13.2. The summed E-state index contributed by atoms with van der Waals surface area (Å²) in [5, 5.41) is 1.89. The van der Waals surface area contributed by atoms with Gasteiger partial charge in [-0.05, 0) is 37.3 Å². The van der Waals surface area contributed by atoms with E-state index in [0.29, 0.717) is 16.7 Å². The van der Waals surface area contributed by atoms with Gasteiger partial charge in [-0.25, -0.2) is 14.2 Å². The molecule has 0 bridgehead atoms. The first-order valence-corrected chi connectivity index (χ1v) is 8.40. The van der Waals surface area contributed by atoms with Gasteiger partial charge in [0.05, 0.1) is 16.7 Å². The van der Waals surface area contributed by atoms with Gasteiger partial charge in [-0.3, -0.25) is 0 Å². The molecule has 3 aromatic carbocycles. The Morgan fingerprint density at radius 3 is 2.00 bits per heavy atom. The topological polar surface area (TPSA) is 47.9 Å². The zero-order valence-corrected chi connectivity index (χ0v) is 14.1. The lowest BCUT2D eigenvalue weighted by Crippen LogP contribution is -2.25. The average Bonchev–Trinajstić information content (AvgIpc) is 2.93. The molecule has 0 amide bonds. The third-order valence-corrected chi connectivity index (χ3v) is 4.76. The van der Waals surface area contributed by atoms with E-state index in [1.165, 1.54) is 13.6 Å². The standard InChI is InChI=1S/C21H15N3O2/c1-14-11-12-19-17(13-14)16-9-5-6-10-18(16)23-20(25)22(21(26)24(19)23)15-7-3-2-4-8-15/h2-13H,1H3. The van der Waals surface area contributed by atoms with Crippen LogP contribution in [-0.4, -0.2) is 13.6 Å². The molecule has 0 radical (unpaired) electrons. The molecule has 5 rings (SSSR count). The number of hydrogen-bond acceptors (Lipinski definition) is 2. The molecule has 26 heavy (non-hydrogen) atoms. The molecule has 0 aliphatic rings. The van der Waals surface area contributed by atoms with Gasteiger partial charge in [0, 0.05) is 10.8 Å². The van der Waals surface area contributed by atoms with Crippen molar-refractivity contribution in [2.75, 3.05) is 0 Å². The third kappa shape index (κ3) is 1.85. The number of benzene rings is 3. The molecule has 126 valence electrons. The molecule has 0 saturated carbocycles. The summed E-state index contributed by atoms with van der Waals surface area (Å²) in [5.74, 6) is 0. The van der Waals surface area contributed by atoms with Crippen LogP contribution in [0.5, 0.6) is 0 Å². The second-order valence-corrected chi connectivity index (χ2v) is 6.40. The van der Waals surface area contributed by atoms with Crippen LogP contribution >= 0.6 is 0 Å². The molecule has 0 aliphatic carbocycles. The van der Waals surface area contributed by atoms with Crippen LogP contribution in [0.4, 0.5) is 0 Å². The molecule has 5 nitrogen and oxygen atoms in total. The summed E-state index contributed by atoms with van der Waals surface area (Å²) in [4.78, 5) is 26.4. The Labute approximate surface area is 148 Å². The minimum Gasteiger partial charge on any atom is -0.245 e. The van der Waals surface area contributed by atoms with Crippen molar-refractivity contribution in [1.29, 1.82) is 0 Å². The van der Waals surface area contributed by atoms with E-state index in [4.69, 9.17) is 0 Å². The predicted molar refractivity (Wildman–Crippen MR) is 102 cm³/mol. The van der Waals surface area contributed by atoms with Crippen LogP contribution in [0.25, 0.3) is 27.5 Å². The van der Waals surface area contributed by atoms with Crippen LogP contribution in [0.1, 0.15) is 5.56 Å². The first kappa shape index (κ1) is 14.7. The highest BCUT2D eigenvalue weighted by Crippen LogP contribution is 2.24. The second-order valence-electron chi connectivity index (χ2n) is 6.40. The fourth-order valence-electron chi connectivity index (χ4n) is 3.60. The van der Waals surface area contributed by atoms with Crippen molar-refractivity contribution in [1.82, 2.24) is 13.6 Å². The molecule has 0 atom stereocenters. The van der Waals surface area contributed by atoms with Gasteiger partial charge in [0.25, 0.3) is 0 Å². The van der Waals surface area contributed by atoms with Crippen LogP contribution in [0.3, 0.4) is 0 Å². The van der Waals surface area contributed by atoms with Crippen molar-refractivity contribution in [3.63, 3.8) is 0 Å². The molecule has 0 saturated heterocycles. The van der Waals surface area contributed by atoms with E-state index in [2.05, 4.69) is 6.07 Å². The Balaban J connectivity index is 2.13. The zero-order chi connectivity index (χ0) is 17.8. The number of aromatic nitrogens is 3. The van der Waals surface area contributed by atoms with Crippen molar-refractivity contribution in [3.8, 4) is 5.69 Å². The molecule has 5 heteroatoms. The summed E-state index contributed by atoms with van der Waals surface area (Å²) in [6.45, 7) is 2.02. The van der Waals surface area contributed by atoms with Crippen molar-refractivity contribution < 1.29 is 0 Å². The largest absolute Gasteiger partial charge is 0.356 e. The van der Waals surface area contributed by atoms with Crippen LogP contribution in [0.15, 0.2) is 82.4 Å². The Morgan fingerprint density at radius 2 is 1.27 bits per heavy atom. The Kier molecular flexibility index (Phi) is 2.94. The molecular weight excluding hydrogens is 326 g/mol. The summed E-state index contributed by atoms with van der Waals surface area (Å²) >= 11 is 0. The van der Waals surface area contributed by atoms with Gasteiger partial charge >= 0.3 is 11.4 Å². The van der Waals surface area contributed by atoms with Gasteiger partial charge in [0.2, 0.25) is 0 Å². The number of hydrogen-bond donors (Lipinski definition) is 0. The minimum absolute atomic E-state index is 0.374. The van der Waals surface area contributed by atoms with E-state index < -0.39 is 0 Å². The number of fused-ring (bicyclic) bond motifs is 6. The van der Waals surface area contributed by atoms with Gasteiger partial charge in [0.15, 0.2) is 0 Å². The van der Waals surface area contributed by atoms with Crippen molar-refractivity contribution in [2.24, 2.45) is 0 Å². The summed E-state index contributed by atoms with van der Waals surface area (Å²) in [6, 6.07) is 22.6. The Hall–Kier alpha value is -3.60. The summed E-state index contributed by atoms with van der Waals surface area (Å²) < 4.78 is 4.14. The zero-order valence-electron chi connectivity index (χ0n) is 14.1. The molecule has 0 N–H and O–H groups in total. The first-order chi connectivity index (χ1) is 12.7. The Bertz CT molecular complexity index is 1420. The smallest absolute Gasteiger partial charge is 0.245 e. The second kappa shape index (κ2) is 5.20. The van der Waals surface area contributed by atoms with Crippen LogP contribution in [-0.2, 0) is 0 Å². The number of para-hydroxylation sites is 2. The molecule has 0 spiro atoms. The maximum Gasteiger partial charge on any atom is 0.356 e. The van der Waals surface area contributed by atoms with Crippen LogP contribution in [0.2, 0.25) is 0 Å². The molecule has 2 aromatic heterocycles. The fourth-order valence-corrected chi connectivity index (χ4v) is 3.60. The lowest BCUT2D eigenvalue weighted by atomic mass is 10.1. The quantitative estimate of drug-likeness (QED) is 0.440. The summed E-state index contributed by atoms with van der Waals surface area (Å²) in [5.41, 5.74) is 2.34. The fraction of sp³-hybridized carbons (Fsp3) is 0.0476. The van der Waals surface area contributed by atoms with E-state index in [1.54, 1.807) is 12.1 Å². The van der Waals surface area contributed by atoms with E-state index >= 15 is 0 Å². The molecule has 0 aliphatic heterocycles. The van der Waals surface area contributed by atoms with Gasteiger partial charge in [-0.2, -0.15) is 9.03 Å². The van der Waals surface area contributed by atoms with Gasteiger partial charge in [-0.15, -0.1) is 0 Å². The van der Waals surface area contributed by atoms with E-state index in [0.717, 1.165) is 16.3 Å². The maximum atomic E-state index is 13.2. The van der Waals surface area contributed by atoms with E-state index in [9.17, 15) is 9.59 Å². The van der Waals surface area contributed by atoms with Gasteiger partial charge in [-0.1, -0.05) is 48.0 Å². The van der Waals surface area contributed by atoms with Gasteiger partial charge in [0.1, 0.15) is 0 Å². The van der Waals surface area contributed by atoms with Crippen LogP contribution in [0, 0.1) is 6.92 Å². The SMILES string of the molecule is Cc1ccc2c(c1)c1ccccc1n1c(=O)n(-c3ccccc3)c(=O)n21. The number of nitrogens with zero attached hydrogens (tertiary/aromatic N) is 3. The van der Waals surface area contributed by atoms with E-state index in [-0.39, 0.29) is 11.4 Å². The van der Waals surface area contributed by atoms with Crippen LogP contribution < -0.4 is 11.4 Å². The first-order valence-electron chi connectivity index (χ1n) is 8.40. The molecule has 5 aromatic rings. The molecule has 0 fully saturated rings. The van der Waals surface area contributed by atoms with Crippen molar-refractivity contribution >= 4 is 21.8 Å². The highest BCUT2D eigenvalue weighted by molar-refractivity contribution is 6.04.